The number of hydrogen-bond acceptors (Lipinski definition) is 4. The molecule has 1 N–H and O–H groups in total. The Kier molecular flexibility index (Phi) is 7.99. The van der Waals surface area contributed by atoms with Crippen LogP contribution in [-0.2, 0) is 11.3 Å². The molecule has 0 atom stereocenters. The Morgan fingerprint density at radius 3 is 2.50 bits per heavy atom. The summed E-state index contributed by atoms with van der Waals surface area (Å²) in [6, 6.07) is 7.61. The van der Waals surface area contributed by atoms with Crippen LogP contribution in [0.25, 0.3) is 0 Å². The minimum atomic E-state index is 0.0657. The third kappa shape index (κ3) is 6.77. The number of carbonyl (C=O) groups is 1. The molecule has 0 unspecified atom stereocenters. The highest BCUT2D eigenvalue weighted by molar-refractivity contribution is 6.31. The zero-order chi connectivity index (χ0) is 17.4. The Morgan fingerprint density at radius 1 is 1.17 bits per heavy atom. The Bertz CT molecular complexity index is 515. The Hall–Kier alpha value is -1.14. The van der Waals surface area contributed by atoms with E-state index in [-0.39, 0.29) is 5.91 Å². The van der Waals surface area contributed by atoms with E-state index in [4.69, 9.17) is 11.6 Å². The van der Waals surface area contributed by atoms with Crippen molar-refractivity contribution in [3.63, 3.8) is 0 Å². The van der Waals surface area contributed by atoms with Gasteiger partial charge in [-0.15, -0.1) is 0 Å². The highest BCUT2D eigenvalue weighted by Crippen LogP contribution is 2.14. The maximum atomic E-state index is 12.1. The third-order valence-corrected chi connectivity index (χ3v) is 4.71. The largest absolute Gasteiger partial charge is 0.351 e. The predicted molar refractivity (Wildman–Crippen MR) is 99.3 cm³/mol. The molecule has 1 aromatic carbocycles. The summed E-state index contributed by atoms with van der Waals surface area (Å²) < 4.78 is 0. The summed E-state index contributed by atoms with van der Waals surface area (Å²) in [5.74, 6) is 0.0657. The van der Waals surface area contributed by atoms with Crippen molar-refractivity contribution >= 4 is 17.5 Å². The predicted octanol–water partition coefficient (Wildman–Crippen LogP) is 1.53. The molecule has 0 aliphatic carbocycles. The molecule has 0 saturated carbocycles. The van der Waals surface area contributed by atoms with E-state index in [2.05, 4.69) is 34.1 Å². The smallest absolute Gasteiger partial charge is 0.234 e. The lowest BCUT2D eigenvalue weighted by Crippen LogP contribution is -2.49. The van der Waals surface area contributed by atoms with Crippen LogP contribution in [0.15, 0.2) is 24.3 Å². The average Bonchev–Trinajstić information content (AvgIpc) is 2.55. The molecule has 1 aliphatic heterocycles. The van der Waals surface area contributed by atoms with Crippen LogP contribution in [0, 0.1) is 0 Å². The first-order valence-corrected chi connectivity index (χ1v) is 9.02. The Morgan fingerprint density at radius 2 is 1.83 bits per heavy atom. The van der Waals surface area contributed by atoms with Gasteiger partial charge in [0.25, 0.3) is 0 Å². The molecule has 134 valence electrons. The Labute approximate surface area is 150 Å². The van der Waals surface area contributed by atoms with Crippen molar-refractivity contribution in [2.24, 2.45) is 0 Å². The fourth-order valence-corrected chi connectivity index (χ4v) is 3.08. The molecule has 0 radical (unpaired) electrons. The van der Waals surface area contributed by atoms with E-state index in [9.17, 15) is 4.79 Å². The van der Waals surface area contributed by atoms with Crippen molar-refractivity contribution in [1.82, 2.24) is 20.0 Å². The standard InChI is InChI=1S/C18H29ClN4O/c1-21(2)8-5-9-22-10-12-23(13-11-22)15-18(24)20-14-16-6-3-4-7-17(16)19/h3-4,6-7H,5,8-15H2,1-2H3,(H,20,24). The lowest BCUT2D eigenvalue weighted by atomic mass is 10.2. The van der Waals surface area contributed by atoms with Crippen molar-refractivity contribution in [3.05, 3.63) is 34.9 Å². The summed E-state index contributed by atoms with van der Waals surface area (Å²) in [5, 5.41) is 3.66. The molecule has 1 fully saturated rings. The molecule has 0 bridgehead atoms. The van der Waals surface area contributed by atoms with Gasteiger partial charge in [-0.1, -0.05) is 29.8 Å². The summed E-state index contributed by atoms with van der Waals surface area (Å²) in [7, 11) is 4.22. The lowest BCUT2D eigenvalue weighted by molar-refractivity contribution is -0.122. The van der Waals surface area contributed by atoms with Crippen molar-refractivity contribution in [1.29, 1.82) is 0 Å². The third-order valence-electron chi connectivity index (χ3n) is 4.35. The van der Waals surface area contributed by atoms with Crippen LogP contribution in [0.1, 0.15) is 12.0 Å². The number of halogens is 1. The zero-order valence-electron chi connectivity index (χ0n) is 14.8. The second kappa shape index (κ2) is 9.99. The minimum absolute atomic E-state index is 0.0657. The first-order chi connectivity index (χ1) is 11.5. The molecule has 1 aromatic rings. The second-order valence-corrected chi connectivity index (χ2v) is 7.05. The molecule has 1 amide bonds. The maximum Gasteiger partial charge on any atom is 0.234 e. The van der Waals surface area contributed by atoms with Crippen molar-refractivity contribution in [2.45, 2.75) is 13.0 Å². The van der Waals surface area contributed by atoms with Crippen molar-refractivity contribution in [2.75, 3.05) is 59.9 Å². The number of nitrogens with one attached hydrogen (secondary N) is 1. The van der Waals surface area contributed by atoms with E-state index in [0.29, 0.717) is 18.1 Å². The fraction of sp³-hybridized carbons (Fsp3) is 0.611. The molecule has 2 rings (SSSR count). The number of rotatable bonds is 8. The Balaban J connectivity index is 1.63. The second-order valence-electron chi connectivity index (χ2n) is 6.64. The summed E-state index contributed by atoms with van der Waals surface area (Å²) in [4.78, 5) is 19.0. The van der Waals surface area contributed by atoms with E-state index >= 15 is 0 Å². The van der Waals surface area contributed by atoms with Gasteiger partial charge >= 0.3 is 0 Å². The number of piperazine rings is 1. The van der Waals surface area contributed by atoms with E-state index in [1.165, 1.54) is 6.42 Å². The number of carbonyl (C=O) groups excluding carboxylic acids is 1. The molecule has 1 aliphatic rings. The summed E-state index contributed by atoms with van der Waals surface area (Å²) >= 11 is 6.11. The monoisotopic (exact) mass is 352 g/mol. The van der Waals surface area contributed by atoms with Gasteiger partial charge in [0.1, 0.15) is 0 Å². The quantitative estimate of drug-likeness (QED) is 0.770. The maximum absolute atomic E-state index is 12.1. The molecule has 6 heteroatoms. The highest BCUT2D eigenvalue weighted by Gasteiger charge is 2.18. The van der Waals surface area contributed by atoms with E-state index in [0.717, 1.165) is 44.8 Å². The first-order valence-electron chi connectivity index (χ1n) is 8.64. The normalized spacial score (nSPS) is 16.5. The van der Waals surface area contributed by atoms with Crippen LogP contribution in [0.3, 0.4) is 0 Å². The molecule has 1 saturated heterocycles. The number of amides is 1. The molecular weight excluding hydrogens is 324 g/mol. The summed E-state index contributed by atoms with van der Waals surface area (Å²) in [6.45, 7) is 7.24. The number of hydrogen-bond donors (Lipinski definition) is 1. The van der Waals surface area contributed by atoms with Crippen molar-refractivity contribution < 1.29 is 4.79 Å². The van der Waals surface area contributed by atoms with Gasteiger partial charge < -0.3 is 15.1 Å². The first kappa shape index (κ1) is 19.2. The van der Waals surface area contributed by atoms with E-state index in [1.807, 2.05) is 24.3 Å². The minimum Gasteiger partial charge on any atom is -0.351 e. The van der Waals surface area contributed by atoms with Crippen LogP contribution >= 0.6 is 11.6 Å². The van der Waals surface area contributed by atoms with Crippen LogP contribution in [0.2, 0.25) is 5.02 Å². The van der Waals surface area contributed by atoms with Crippen LogP contribution in [-0.4, -0.2) is 80.5 Å². The van der Waals surface area contributed by atoms with Crippen LogP contribution in [0.4, 0.5) is 0 Å². The van der Waals surface area contributed by atoms with Gasteiger partial charge in [-0.2, -0.15) is 0 Å². The average molecular weight is 353 g/mol. The molecule has 5 nitrogen and oxygen atoms in total. The van der Waals surface area contributed by atoms with Gasteiger partial charge in [0.15, 0.2) is 0 Å². The van der Waals surface area contributed by atoms with Gasteiger partial charge in [-0.25, -0.2) is 0 Å². The van der Waals surface area contributed by atoms with E-state index in [1.54, 1.807) is 0 Å². The molecule has 24 heavy (non-hydrogen) atoms. The molecule has 1 heterocycles. The van der Waals surface area contributed by atoms with Gasteiger partial charge in [0.2, 0.25) is 5.91 Å². The molecule has 0 aromatic heterocycles. The number of nitrogens with zero attached hydrogens (tertiary/aromatic N) is 3. The van der Waals surface area contributed by atoms with Crippen LogP contribution < -0.4 is 5.32 Å². The highest BCUT2D eigenvalue weighted by atomic mass is 35.5. The van der Waals surface area contributed by atoms with Gasteiger partial charge in [0.05, 0.1) is 6.54 Å². The summed E-state index contributed by atoms with van der Waals surface area (Å²) in [5.41, 5.74) is 0.957. The van der Waals surface area contributed by atoms with Crippen molar-refractivity contribution in [3.8, 4) is 0 Å². The SMILES string of the molecule is CN(C)CCCN1CCN(CC(=O)NCc2ccccc2Cl)CC1. The molecular formula is C18H29ClN4O. The number of benzene rings is 1. The van der Waals surface area contributed by atoms with Crippen LogP contribution in [0.5, 0.6) is 0 Å². The summed E-state index contributed by atoms with van der Waals surface area (Å²) in [6.07, 6.45) is 1.20. The zero-order valence-corrected chi connectivity index (χ0v) is 15.6. The topological polar surface area (TPSA) is 38.8 Å². The fourth-order valence-electron chi connectivity index (χ4n) is 2.88. The molecule has 0 spiro atoms. The van der Waals surface area contributed by atoms with Gasteiger partial charge in [0, 0.05) is 37.7 Å². The van der Waals surface area contributed by atoms with Gasteiger partial charge in [-0.3, -0.25) is 9.69 Å². The van der Waals surface area contributed by atoms with Gasteiger partial charge in [-0.05, 0) is 45.2 Å². The van der Waals surface area contributed by atoms with E-state index < -0.39 is 0 Å². The lowest BCUT2D eigenvalue weighted by Gasteiger charge is -2.34.